The van der Waals surface area contributed by atoms with E-state index in [9.17, 15) is 10.1 Å². The number of hydrogen-bond donors (Lipinski definition) is 2. The van der Waals surface area contributed by atoms with Gasteiger partial charge >= 0.3 is 0 Å². The van der Waals surface area contributed by atoms with E-state index in [2.05, 4.69) is 5.32 Å². The molecule has 0 aromatic heterocycles. The Morgan fingerprint density at radius 2 is 2.17 bits per heavy atom. The topological polar surface area (TPSA) is 81.2 Å². The van der Waals surface area contributed by atoms with Gasteiger partial charge in [-0.15, -0.1) is 0 Å². The zero-order valence-electron chi connectivity index (χ0n) is 10.5. The van der Waals surface area contributed by atoms with Crippen molar-refractivity contribution < 1.29 is 4.92 Å². The van der Waals surface area contributed by atoms with E-state index >= 15 is 0 Å². The van der Waals surface area contributed by atoms with Gasteiger partial charge in [0.2, 0.25) is 0 Å². The number of nitro benzene ring substituents is 1. The van der Waals surface area contributed by atoms with Crippen LogP contribution in [0.1, 0.15) is 19.4 Å². The zero-order chi connectivity index (χ0) is 13.7. The second kappa shape index (κ2) is 6.68. The van der Waals surface area contributed by atoms with Crippen molar-refractivity contribution in [3.05, 3.63) is 38.9 Å². The number of nitrogens with zero attached hydrogens (tertiary/aromatic N) is 1. The van der Waals surface area contributed by atoms with Crippen molar-refractivity contribution in [3.63, 3.8) is 0 Å². The van der Waals surface area contributed by atoms with E-state index < -0.39 is 4.92 Å². The van der Waals surface area contributed by atoms with Gasteiger partial charge in [0.15, 0.2) is 0 Å². The van der Waals surface area contributed by atoms with Gasteiger partial charge in [-0.3, -0.25) is 10.1 Å². The highest BCUT2D eigenvalue weighted by Crippen LogP contribution is 2.25. The molecule has 5 nitrogen and oxygen atoms in total. The van der Waals surface area contributed by atoms with E-state index in [0.717, 1.165) is 12.1 Å². The molecule has 3 N–H and O–H groups in total. The Labute approximate surface area is 111 Å². The Kier molecular flexibility index (Phi) is 5.53. The molecule has 0 aliphatic carbocycles. The third-order valence-corrected chi connectivity index (χ3v) is 2.86. The standard InChI is InChI=1S/C12H18ClN3O2/c1-8(14)7-15-9(2)5-10-3-4-11(13)12(6-10)16(17)18/h3-4,6,8-9,15H,5,7,14H2,1-2H3. The molecule has 2 atom stereocenters. The summed E-state index contributed by atoms with van der Waals surface area (Å²) in [6.07, 6.45) is 0.699. The molecule has 0 radical (unpaired) electrons. The molecule has 1 aromatic rings. The summed E-state index contributed by atoms with van der Waals surface area (Å²) in [7, 11) is 0. The summed E-state index contributed by atoms with van der Waals surface area (Å²) in [5.74, 6) is 0. The van der Waals surface area contributed by atoms with Crippen LogP contribution in [-0.4, -0.2) is 23.6 Å². The second-order valence-corrected chi connectivity index (χ2v) is 4.94. The largest absolute Gasteiger partial charge is 0.327 e. The normalized spacial score (nSPS) is 14.2. The monoisotopic (exact) mass is 271 g/mol. The molecule has 0 spiro atoms. The molecule has 0 aliphatic rings. The van der Waals surface area contributed by atoms with Crippen molar-refractivity contribution in [2.45, 2.75) is 32.4 Å². The van der Waals surface area contributed by atoms with Gasteiger partial charge in [-0.2, -0.15) is 0 Å². The average Bonchev–Trinajstić information content (AvgIpc) is 2.28. The van der Waals surface area contributed by atoms with Gasteiger partial charge in [0.1, 0.15) is 5.02 Å². The first-order valence-corrected chi connectivity index (χ1v) is 6.19. The predicted molar refractivity (Wildman–Crippen MR) is 72.9 cm³/mol. The SMILES string of the molecule is CC(N)CNC(C)Cc1ccc(Cl)c([N+](=O)[O-])c1. The lowest BCUT2D eigenvalue weighted by molar-refractivity contribution is -0.384. The van der Waals surface area contributed by atoms with Crippen LogP contribution in [0, 0.1) is 10.1 Å². The summed E-state index contributed by atoms with van der Waals surface area (Å²) in [4.78, 5) is 10.3. The second-order valence-electron chi connectivity index (χ2n) is 4.53. The summed E-state index contributed by atoms with van der Waals surface area (Å²) in [5.41, 5.74) is 6.49. The highest BCUT2D eigenvalue weighted by Gasteiger charge is 2.13. The van der Waals surface area contributed by atoms with E-state index in [4.69, 9.17) is 17.3 Å². The van der Waals surface area contributed by atoms with Crippen molar-refractivity contribution in [2.75, 3.05) is 6.54 Å². The van der Waals surface area contributed by atoms with Crippen LogP contribution in [0.3, 0.4) is 0 Å². The van der Waals surface area contributed by atoms with Crippen molar-refractivity contribution >= 4 is 17.3 Å². The van der Waals surface area contributed by atoms with Gasteiger partial charge < -0.3 is 11.1 Å². The summed E-state index contributed by atoms with van der Waals surface area (Å²) in [5, 5.41) is 14.2. The molecule has 1 rings (SSSR count). The fraction of sp³-hybridized carbons (Fsp3) is 0.500. The number of hydrogen-bond acceptors (Lipinski definition) is 4. The molecule has 6 heteroatoms. The Morgan fingerprint density at radius 1 is 1.50 bits per heavy atom. The van der Waals surface area contributed by atoms with Crippen LogP contribution in [0.2, 0.25) is 5.02 Å². The maximum atomic E-state index is 10.8. The van der Waals surface area contributed by atoms with Gasteiger partial charge in [0.25, 0.3) is 5.69 Å². The van der Waals surface area contributed by atoms with Crippen LogP contribution in [0.5, 0.6) is 0 Å². The van der Waals surface area contributed by atoms with Crippen molar-refractivity contribution in [2.24, 2.45) is 5.73 Å². The lowest BCUT2D eigenvalue weighted by Crippen LogP contribution is -2.37. The maximum Gasteiger partial charge on any atom is 0.288 e. The van der Waals surface area contributed by atoms with Crippen LogP contribution < -0.4 is 11.1 Å². The Balaban J connectivity index is 2.67. The summed E-state index contributed by atoms with van der Waals surface area (Å²) >= 11 is 5.76. The number of benzene rings is 1. The minimum absolute atomic E-state index is 0.0476. The lowest BCUT2D eigenvalue weighted by Gasteiger charge is -2.15. The van der Waals surface area contributed by atoms with Gasteiger partial charge in [-0.05, 0) is 31.9 Å². The van der Waals surface area contributed by atoms with Gasteiger partial charge in [0, 0.05) is 24.7 Å². The van der Waals surface area contributed by atoms with Crippen LogP contribution >= 0.6 is 11.6 Å². The molecule has 0 amide bonds. The first-order valence-electron chi connectivity index (χ1n) is 5.82. The number of halogens is 1. The smallest absolute Gasteiger partial charge is 0.288 e. The van der Waals surface area contributed by atoms with E-state index in [1.54, 1.807) is 12.1 Å². The van der Waals surface area contributed by atoms with Gasteiger partial charge in [0.05, 0.1) is 4.92 Å². The van der Waals surface area contributed by atoms with Crippen LogP contribution in [-0.2, 0) is 6.42 Å². The van der Waals surface area contributed by atoms with Crippen LogP contribution in [0.25, 0.3) is 0 Å². The zero-order valence-corrected chi connectivity index (χ0v) is 11.3. The van der Waals surface area contributed by atoms with Gasteiger partial charge in [-0.25, -0.2) is 0 Å². The third-order valence-electron chi connectivity index (χ3n) is 2.54. The predicted octanol–water partition coefficient (Wildman–Crippen LogP) is 2.12. The van der Waals surface area contributed by atoms with E-state index in [1.165, 1.54) is 6.07 Å². The minimum atomic E-state index is -0.466. The fourth-order valence-corrected chi connectivity index (χ4v) is 1.82. The fourth-order valence-electron chi connectivity index (χ4n) is 1.64. The Bertz CT molecular complexity index is 424. The summed E-state index contributed by atoms with van der Waals surface area (Å²) in [6.45, 7) is 4.66. The molecule has 0 saturated carbocycles. The molecule has 2 unspecified atom stereocenters. The highest BCUT2D eigenvalue weighted by atomic mass is 35.5. The molecular formula is C12H18ClN3O2. The van der Waals surface area contributed by atoms with Crippen molar-refractivity contribution in [3.8, 4) is 0 Å². The van der Waals surface area contributed by atoms with Crippen LogP contribution in [0.15, 0.2) is 18.2 Å². The Hall–Kier alpha value is -1.17. The first-order chi connectivity index (χ1) is 8.40. The average molecular weight is 272 g/mol. The molecule has 1 aromatic carbocycles. The number of nitrogens with two attached hydrogens (primary N) is 1. The molecule has 0 saturated heterocycles. The van der Waals surface area contributed by atoms with Gasteiger partial charge in [-0.1, -0.05) is 17.7 Å². The molecule has 18 heavy (non-hydrogen) atoms. The molecule has 0 aliphatic heterocycles. The number of rotatable bonds is 6. The van der Waals surface area contributed by atoms with E-state index in [-0.39, 0.29) is 22.8 Å². The van der Waals surface area contributed by atoms with E-state index in [1.807, 2.05) is 13.8 Å². The molecule has 0 bridgehead atoms. The molecular weight excluding hydrogens is 254 g/mol. The number of nitro groups is 1. The van der Waals surface area contributed by atoms with Crippen LogP contribution in [0.4, 0.5) is 5.69 Å². The number of nitrogens with one attached hydrogen (secondary N) is 1. The summed E-state index contributed by atoms with van der Waals surface area (Å²) < 4.78 is 0. The Morgan fingerprint density at radius 3 is 2.72 bits per heavy atom. The minimum Gasteiger partial charge on any atom is -0.327 e. The third kappa shape index (κ3) is 4.60. The summed E-state index contributed by atoms with van der Waals surface area (Å²) in [6, 6.07) is 5.18. The quantitative estimate of drug-likeness (QED) is 0.613. The molecule has 0 heterocycles. The molecule has 0 fully saturated rings. The highest BCUT2D eigenvalue weighted by molar-refractivity contribution is 6.32. The lowest BCUT2D eigenvalue weighted by atomic mass is 10.1. The van der Waals surface area contributed by atoms with Crippen molar-refractivity contribution in [1.29, 1.82) is 0 Å². The van der Waals surface area contributed by atoms with Crippen molar-refractivity contribution in [1.82, 2.24) is 5.32 Å². The first kappa shape index (κ1) is 14.9. The molecule has 100 valence electrons. The van der Waals surface area contributed by atoms with E-state index in [0.29, 0.717) is 6.42 Å². The maximum absolute atomic E-state index is 10.8.